The molecule has 2 fully saturated rings. The van der Waals surface area contributed by atoms with Gasteiger partial charge in [-0.3, -0.25) is 4.79 Å². The maximum Gasteiger partial charge on any atom is 0.268 e. The molecule has 1 saturated carbocycles. The Morgan fingerprint density at radius 2 is 2.00 bits per heavy atom. The molecular formula is C15H24N4OS. The lowest BCUT2D eigenvalue weighted by Crippen LogP contribution is -2.32. The van der Waals surface area contributed by atoms with Gasteiger partial charge in [-0.25, -0.2) is 4.98 Å². The number of hydrogen-bond donors (Lipinski definition) is 1. The SMILES string of the molecule is CCN(C(=O)c1sc(N2CCCCCC2)nc1N)C1CC1. The number of thiazole rings is 1. The maximum atomic E-state index is 12.6. The summed E-state index contributed by atoms with van der Waals surface area (Å²) in [5.74, 6) is 0.472. The number of rotatable bonds is 4. The van der Waals surface area contributed by atoms with E-state index in [0.717, 1.165) is 37.6 Å². The van der Waals surface area contributed by atoms with Crippen LogP contribution in [0.25, 0.3) is 0 Å². The summed E-state index contributed by atoms with van der Waals surface area (Å²) in [5, 5.41) is 0.921. The number of nitrogens with zero attached hydrogens (tertiary/aromatic N) is 3. The van der Waals surface area contributed by atoms with Crippen molar-refractivity contribution in [3.8, 4) is 0 Å². The number of anilines is 2. The van der Waals surface area contributed by atoms with Crippen molar-refractivity contribution in [2.24, 2.45) is 0 Å². The molecule has 1 aromatic heterocycles. The Morgan fingerprint density at radius 3 is 2.57 bits per heavy atom. The largest absolute Gasteiger partial charge is 0.382 e. The highest BCUT2D eigenvalue weighted by molar-refractivity contribution is 7.18. The Balaban J connectivity index is 1.78. The molecule has 1 aliphatic heterocycles. The van der Waals surface area contributed by atoms with Crippen LogP contribution in [0, 0.1) is 0 Å². The fourth-order valence-electron chi connectivity index (χ4n) is 2.95. The lowest BCUT2D eigenvalue weighted by atomic mass is 10.2. The van der Waals surface area contributed by atoms with Gasteiger partial charge in [0.15, 0.2) is 5.13 Å². The summed E-state index contributed by atoms with van der Waals surface area (Å²) in [6.07, 6.45) is 7.22. The van der Waals surface area contributed by atoms with Crippen LogP contribution in [-0.2, 0) is 0 Å². The Labute approximate surface area is 130 Å². The fourth-order valence-corrected chi connectivity index (χ4v) is 3.95. The predicted molar refractivity (Wildman–Crippen MR) is 86.9 cm³/mol. The Morgan fingerprint density at radius 1 is 1.33 bits per heavy atom. The first kappa shape index (κ1) is 14.6. The van der Waals surface area contributed by atoms with Gasteiger partial charge in [-0.1, -0.05) is 24.2 Å². The van der Waals surface area contributed by atoms with Crippen LogP contribution in [0.15, 0.2) is 0 Å². The zero-order chi connectivity index (χ0) is 14.8. The minimum absolute atomic E-state index is 0.0658. The fraction of sp³-hybridized carbons (Fsp3) is 0.733. The molecule has 6 heteroatoms. The van der Waals surface area contributed by atoms with Crippen LogP contribution >= 0.6 is 11.3 Å². The van der Waals surface area contributed by atoms with Crippen molar-refractivity contribution in [3.05, 3.63) is 4.88 Å². The van der Waals surface area contributed by atoms with E-state index in [1.165, 1.54) is 37.0 Å². The molecule has 5 nitrogen and oxygen atoms in total. The molecule has 0 aromatic carbocycles. The first-order valence-electron chi connectivity index (χ1n) is 8.03. The second-order valence-corrected chi connectivity index (χ2v) is 6.91. The van der Waals surface area contributed by atoms with Crippen molar-refractivity contribution in [3.63, 3.8) is 0 Å². The van der Waals surface area contributed by atoms with Gasteiger partial charge < -0.3 is 15.5 Å². The van der Waals surface area contributed by atoms with E-state index < -0.39 is 0 Å². The molecule has 1 aromatic rings. The molecule has 116 valence electrons. The number of nitrogen functional groups attached to an aromatic ring is 1. The van der Waals surface area contributed by atoms with E-state index in [9.17, 15) is 4.79 Å². The second-order valence-electron chi connectivity index (χ2n) is 5.93. The van der Waals surface area contributed by atoms with Crippen molar-refractivity contribution < 1.29 is 4.79 Å². The average Bonchev–Trinajstić information content (AvgIpc) is 3.26. The first-order valence-corrected chi connectivity index (χ1v) is 8.84. The molecule has 0 spiro atoms. The van der Waals surface area contributed by atoms with E-state index in [-0.39, 0.29) is 5.91 Å². The van der Waals surface area contributed by atoms with Crippen molar-refractivity contribution >= 4 is 28.2 Å². The smallest absolute Gasteiger partial charge is 0.268 e. The Hall–Kier alpha value is -1.30. The molecule has 1 saturated heterocycles. The van der Waals surface area contributed by atoms with Crippen LogP contribution in [0.3, 0.4) is 0 Å². The van der Waals surface area contributed by atoms with Crippen LogP contribution in [0.1, 0.15) is 55.1 Å². The van der Waals surface area contributed by atoms with Gasteiger partial charge in [0.25, 0.3) is 5.91 Å². The van der Waals surface area contributed by atoms with E-state index in [0.29, 0.717) is 16.7 Å². The highest BCUT2D eigenvalue weighted by Gasteiger charge is 2.34. The quantitative estimate of drug-likeness (QED) is 0.929. The summed E-state index contributed by atoms with van der Waals surface area (Å²) in [7, 11) is 0. The van der Waals surface area contributed by atoms with Gasteiger partial charge in [0.2, 0.25) is 0 Å². The molecule has 0 bridgehead atoms. The number of carbonyl (C=O) groups excluding carboxylic acids is 1. The van der Waals surface area contributed by atoms with E-state index in [4.69, 9.17) is 5.73 Å². The van der Waals surface area contributed by atoms with Crippen molar-refractivity contribution in [2.75, 3.05) is 30.3 Å². The molecule has 2 heterocycles. The molecule has 0 atom stereocenters. The molecule has 0 radical (unpaired) electrons. The minimum atomic E-state index is 0.0658. The Kier molecular flexibility index (Phi) is 4.33. The molecule has 3 rings (SSSR count). The van der Waals surface area contributed by atoms with E-state index in [1.54, 1.807) is 0 Å². The highest BCUT2D eigenvalue weighted by atomic mass is 32.1. The van der Waals surface area contributed by atoms with Crippen LogP contribution in [0.4, 0.5) is 10.9 Å². The summed E-state index contributed by atoms with van der Waals surface area (Å²) in [6, 6.07) is 0.422. The van der Waals surface area contributed by atoms with E-state index in [2.05, 4.69) is 9.88 Å². The van der Waals surface area contributed by atoms with E-state index in [1.807, 2.05) is 11.8 Å². The second kappa shape index (κ2) is 6.22. The molecule has 0 unspecified atom stereocenters. The number of nitrogens with two attached hydrogens (primary N) is 1. The predicted octanol–water partition coefficient (Wildman–Crippen LogP) is 2.73. The lowest BCUT2D eigenvalue weighted by Gasteiger charge is -2.20. The van der Waals surface area contributed by atoms with Crippen LogP contribution < -0.4 is 10.6 Å². The summed E-state index contributed by atoms with van der Waals surface area (Å²) >= 11 is 1.47. The zero-order valence-electron chi connectivity index (χ0n) is 12.7. The van der Waals surface area contributed by atoms with Crippen LogP contribution in [0.2, 0.25) is 0 Å². The summed E-state index contributed by atoms with van der Waals surface area (Å²) in [4.78, 5) is 22.0. The van der Waals surface area contributed by atoms with Crippen molar-refractivity contribution in [1.82, 2.24) is 9.88 Å². The summed E-state index contributed by atoms with van der Waals surface area (Å²) in [5.41, 5.74) is 6.03. The molecule has 1 aliphatic carbocycles. The standard InChI is InChI=1S/C15H24N4OS/c1-2-19(11-7-8-11)14(20)12-13(16)17-15(21-12)18-9-5-3-4-6-10-18/h11H,2-10,16H2,1H3. The lowest BCUT2D eigenvalue weighted by molar-refractivity contribution is 0.0758. The number of aromatic nitrogens is 1. The van der Waals surface area contributed by atoms with Gasteiger partial charge in [0.1, 0.15) is 10.7 Å². The first-order chi connectivity index (χ1) is 10.2. The molecule has 1 amide bonds. The molecule has 21 heavy (non-hydrogen) atoms. The van der Waals surface area contributed by atoms with Gasteiger partial charge in [0, 0.05) is 25.7 Å². The van der Waals surface area contributed by atoms with Crippen molar-refractivity contribution in [1.29, 1.82) is 0 Å². The van der Waals surface area contributed by atoms with Gasteiger partial charge in [0.05, 0.1) is 0 Å². The van der Waals surface area contributed by atoms with E-state index >= 15 is 0 Å². The Bertz CT molecular complexity index is 504. The van der Waals surface area contributed by atoms with Crippen LogP contribution in [0.5, 0.6) is 0 Å². The monoisotopic (exact) mass is 308 g/mol. The van der Waals surface area contributed by atoms with Gasteiger partial charge in [-0.2, -0.15) is 0 Å². The zero-order valence-corrected chi connectivity index (χ0v) is 13.5. The number of amides is 1. The number of hydrogen-bond acceptors (Lipinski definition) is 5. The number of carbonyl (C=O) groups is 1. The van der Waals surface area contributed by atoms with Gasteiger partial charge in [-0.15, -0.1) is 0 Å². The van der Waals surface area contributed by atoms with Crippen molar-refractivity contribution in [2.45, 2.75) is 51.5 Å². The third-order valence-electron chi connectivity index (χ3n) is 4.30. The normalized spacial score (nSPS) is 19.4. The van der Waals surface area contributed by atoms with Gasteiger partial charge in [-0.05, 0) is 32.6 Å². The highest BCUT2D eigenvalue weighted by Crippen LogP contribution is 2.34. The third kappa shape index (κ3) is 3.15. The third-order valence-corrected chi connectivity index (χ3v) is 5.42. The summed E-state index contributed by atoms with van der Waals surface area (Å²) < 4.78 is 0. The minimum Gasteiger partial charge on any atom is -0.382 e. The molecular weight excluding hydrogens is 284 g/mol. The molecule has 2 N–H and O–H groups in total. The average molecular weight is 308 g/mol. The molecule has 2 aliphatic rings. The van der Waals surface area contributed by atoms with Gasteiger partial charge >= 0.3 is 0 Å². The summed E-state index contributed by atoms with van der Waals surface area (Å²) in [6.45, 7) is 4.84. The van der Waals surface area contributed by atoms with Crippen LogP contribution in [-0.4, -0.2) is 41.5 Å². The topological polar surface area (TPSA) is 62.5 Å². The maximum absolute atomic E-state index is 12.6.